The van der Waals surface area contributed by atoms with Crippen LogP contribution >= 0.6 is 0 Å². The molecule has 0 aromatic heterocycles. The maximum Gasteiger partial charge on any atom is 0.0589 e. The molecule has 1 N–H and O–H groups in total. The minimum absolute atomic E-state index is 0.459. The van der Waals surface area contributed by atoms with E-state index >= 15 is 0 Å². The second-order valence-electron chi connectivity index (χ2n) is 7.64. The number of hydrogen-bond donors (Lipinski definition) is 1. The summed E-state index contributed by atoms with van der Waals surface area (Å²) in [4.78, 5) is 2.66. The maximum atomic E-state index is 5.34. The van der Waals surface area contributed by atoms with Crippen molar-refractivity contribution in [2.24, 2.45) is 11.3 Å². The van der Waals surface area contributed by atoms with Gasteiger partial charge in [0, 0.05) is 31.8 Å². The Morgan fingerprint density at radius 2 is 1.95 bits per heavy atom. The van der Waals surface area contributed by atoms with E-state index in [1.54, 1.807) is 7.11 Å². The predicted octanol–water partition coefficient (Wildman–Crippen LogP) is 3.54. The van der Waals surface area contributed by atoms with Gasteiger partial charge in [0.1, 0.15) is 0 Å². The van der Waals surface area contributed by atoms with Gasteiger partial charge >= 0.3 is 0 Å². The van der Waals surface area contributed by atoms with E-state index in [0.29, 0.717) is 23.5 Å². The number of nitrogens with one attached hydrogen (secondary N) is 1. The molecule has 3 unspecified atom stereocenters. The number of rotatable bonds is 8. The molecule has 0 bridgehead atoms. The summed E-state index contributed by atoms with van der Waals surface area (Å²) in [5.74, 6) is 0.834. The Morgan fingerprint density at radius 3 is 2.43 bits per heavy atom. The van der Waals surface area contributed by atoms with Crippen molar-refractivity contribution in [2.45, 2.75) is 78.4 Å². The first kappa shape index (κ1) is 18.9. The van der Waals surface area contributed by atoms with Crippen LogP contribution in [0.2, 0.25) is 0 Å². The van der Waals surface area contributed by atoms with E-state index in [4.69, 9.17) is 4.74 Å². The van der Waals surface area contributed by atoms with E-state index in [1.807, 2.05) is 0 Å². The van der Waals surface area contributed by atoms with Gasteiger partial charge in [-0.3, -0.25) is 4.90 Å². The van der Waals surface area contributed by atoms with Gasteiger partial charge in [0.2, 0.25) is 0 Å². The van der Waals surface area contributed by atoms with Gasteiger partial charge in [0.15, 0.2) is 0 Å². The highest BCUT2D eigenvalue weighted by atomic mass is 16.5. The van der Waals surface area contributed by atoms with Crippen LogP contribution in [0.1, 0.15) is 60.3 Å². The van der Waals surface area contributed by atoms with Crippen LogP contribution in [0.15, 0.2) is 0 Å². The fourth-order valence-electron chi connectivity index (χ4n) is 3.85. The lowest BCUT2D eigenvalue weighted by Crippen LogP contribution is -2.56. The SMILES string of the molecule is CCC(C)(C)C1CCC(NC)C(N(CCOC)C(C)C)C1. The molecule has 1 rings (SSSR count). The Balaban J connectivity index is 2.85. The number of nitrogens with zero attached hydrogens (tertiary/aromatic N) is 1. The molecule has 0 spiro atoms. The number of likely N-dealkylation sites (N-methyl/N-ethyl adjacent to an activating group) is 1. The van der Waals surface area contributed by atoms with Crippen LogP contribution in [0, 0.1) is 11.3 Å². The second kappa shape index (κ2) is 8.50. The molecule has 21 heavy (non-hydrogen) atoms. The molecule has 0 saturated heterocycles. The van der Waals surface area contributed by atoms with Crippen LogP contribution in [-0.4, -0.2) is 50.3 Å². The molecule has 1 fully saturated rings. The fraction of sp³-hybridized carbons (Fsp3) is 1.00. The number of ether oxygens (including phenoxy) is 1. The van der Waals surface area contributed by atoms with E-state index in [9.17, 15) is 0 Å². The summed E-state index contributed by atoms with van der Waals surface area (Å²) in [7, 11) is 3.93. The lowest BCUT2D eigenvalue weighted by Gasteiger charge is -2.48. The van der Waals surface area contributed by atoms with Crippen molar-refractivity contribution in [1.29, 1.82) is 0 Å². The van der Waals surface area contributed by atoms with Crippen molar-refractivity contribution in [3.63, 3.8) is 0 Å². The van der Waals surface area contributed by atoms with Crippen LogP contribution in [0.3, 0.4) is 0 Å². The van der Waals surface area contributed by atoms with Crippen molar-refractivity contribution >= 4 is 0 Å². The zero-order chi connectivity index (χ0) is 16.0. The van der Waals surface area contributed by atoms with Gasteiger partial charge < -0.3 is 10.1 Å². The molecule has 0 aromatic carbocycles. The molecule has 0 amide bonds. The van der Waals surface area contributed by atoms with Gasteiger partial charge in [-0.05, 0) is 51.5 Å². The van der Waals surface area contributed by atoms with Crippen molar-refractivity contribution in [2.75, 3.05) is 27.3 Å². The summed E-state index contributed by atoms with van der Waals surface area (Å²) in [6.07, 6.45) is 5.24. The Kier molecular flexibility index (Phi) is 7.66. The zero-order valence-corrected chi connectivity index (χ0v) is 15.4. The third-order valence-corrected chi connectivity index (χ3v) is 5.85. The van der Waals surface area contributed by atoms with Crippen LogP contribution in [0.5, 0.6) is 0 Å². The lowest BCUT2D eigenvalue weighted by atomic mass is 9.67. The van der Waals surface area contributed by atoms with E-state index in [1.165, 1.54) is 25.7 Å². The van der Waals surface area contributed by atoms with E-state index in [2.05, 4.69) is 51.9 Å². The first-order valence-electron chi connectivity index (χ1n) is 8.79. The molecular formula is C18H38N2O. The molecule has 0 aliphatic heterocycles. The fourth-order valence-corrected chi connectivity index (χ4v) is 3.85. The summed E-state index contributed by atoms with van der Waals surface area (Å²) < 4.78 is 5.34. The third-order valence-electron chi connectivity index (χ3n) is 5.85. The molecule has 0 heterocycles. The van der Waals surface area contributed by atoms with Crippen molar-refractivity contribution in [3.05, 3.63) is 0 Å². The van der Waals surface area contributed by atoms with Crippen molar-refractivity contribution in [3.8, 4) is 0 Å². The van der Waals surface area contributed by atoms with Crippen molar-refractivity contribution in [1.82, 2.24) is 10.2 Å². The van der Waals surface area contributed by atoms with E-state index < -0.39 is 0 Å². The molecule has 1 aliphatic carbocycles. The summed E-state index contributed by atoms with van der Waals surface area (Å²) >= 11 is 0. The Bertz CT molecular complexity index is 291. The average molecular weight is 299 g/mol. The highest BCUT2D eigenvalue weighted by Gasteiger charge is 2.39. The highest BCUT2D eigenvalue weighted by Crippen LogP contribution is 2.42. The van der Waals surface area contributed by atoms with Gasteiger partial charge in [0.05, 0.1) is 6.61 Å². The molecule has 0 radical (unpaired) electrons. The smallest absolute Gasteiger partial charge is 0.0589 e. The molecule has 126 valence electrons. The third kappa shape index (κ3) is 4.94. The largest absolute Gasteiger partial charge is 0.383 e. The molecular weight excluding hydrogens is 260 g/mol. The Morgan fingerprint density at radius 1 is 1.29 bits per heavy atom. The van der Waals surface area contributed by atoms with Gasteiger partial charge in [-0.15, -0.1) is 0 Å². The normalized spacial score (nSPS) is 27.6. The van der Waals surface area contributed by atoms with Gasteiger partial charge in [0.25, 0.3) is 0 Å². The molecule has 0 aromatic rings. The van der Waals surface area contributed by atoms with Gasteiger partial charge in [-0.2, -0.15) is 0 Å². The van der Waals surface area contributed by atoms with Crippen LogP contribution < -0.4 is 5.32 Å². The van der Waals surface area contributed by atoms with E-state index in [-0.39, 0.29) is 0 Å². The predicted molar refractivity (Wildman–Crippen MR) is 91.8 cm³/mol. The van der Waals surface area contributed by atoms with Crippen LogP contribution in [-0.2, 0) is 4.74 Å². The lowest BCUT2D eigenvalue weighted by molar-refractivity contribution is 0.0216. The summed E-state index contributed by atoms with van der Waals surface area (Å²) in [6, 6.07) is 1.83. The minimum Gasteiger partial charge on any atom is -0.383 e. The average Bonchev–Trinajstić information content (AvgIpc) is 2.47. The highest BCUT2D eigenvalue weighted by molar-refractivity contribution is 4.95. The van der Waals surface area contributed by atoms with Crippen LogP contribution in [0.25, 0.3) is 0 Å². The van der Waals surface area contributed by atoms with Crippen molar-refractivity contribution < 1.29 is 4.74 Å². The quantitative estimate of drug-likeness (QED) is 0.742. The molecule has 1 saturated carbocycles. The summed E-state index contributed by atoms with van der Waals surface area (Å²) in [5, 5.41) is 3.57. The van der Waals surface area contributed by atoms with Gasteiger partial charge in [-0.1, -0.05) is 27.2 Å². The van der Waals surface area contributed by atoms with Crippen LogP contribution in [0.4, 0.5) is 0 Å². The molecule has 1 aliphatic rings. The topological polar surface area (TPSA) is 24.5 Å². The first-order valence-corrected chi connectivity index (χ1v) is 8.79. The second-order valence-corrected chi connectivity index (χ2v) is 7.64. The standard InChI is InChI=1S/C18H38N2O/c1-8-18(4,5)15-9-10-16(19-6)17(13-15)20(14(2)3)11-12-21-7/h14-17,19H,8-13H2,1-7H3. The molecule has 3 atom stereocenters. The monoisotopic (exact) mass is 298 g/mol. The van der Waals surface area contributed by atoms with E-state index in [0.717, 1.165) is 19.1 Å². The summed E-state index contributed by atoms with van der Waals surface area (Å²) in [5.41, 5.74) is 0.459. The Hall–Kier alpha value is -0.120. The summed E-state index contributed by atoms with van der Waals surface area (Å²) in [6.45, 7) is 13.7. The first-order chi connectivity index (χ1) is 9.87. The number of methoxy groups -OCH3 is 1. The maximum absolute atomic E-state index is 5.34. The number of hydrogen-bond acceptors (Lipinski definition) is 3. The minimum atomic E-state index is 0.459. The molecule has 3 heteroatoms. The molecule has 3 nitrogen and oxygen atoms in total. The van der Waals surface area contributed by atoms with Gasteiger partial charge in [-0.25, -0.2) is 0 Å². The Labute approximate surface area is 132 Å². The zero-order valence-electron chi connectivity index (χ0n) is 15.4.